The van der Waals surface area contributed by atoms with Gasteiger partial charge in [0, 0.05) is 35.4 Å². The minimum absolute atomic E-state index is 0.112. The summed E-state index contributed by atoms with van der Waals surface area (Å²) in [5.41, 5.74) is 4.62. The number of para-hydroxylation sites is 1. The molecule has 3 aromatic heterocycles. The van der Waals surface area contributed by atoms with E-state index in [-0.39, 0.29) is 6.61 Å². The average molecular weight is 278 g/mol. The van der Waals surface area contributed by atoms with Crippen LogP contribution in [0.5, 0.6) is 0 Å². The summed E-state index contributed by atoms with van der Waals surface area (Å²) in [6, 6.07) is 10.1. The molecule has 3 heterocycles. The molecule has 1 aromatic carbocycles. The first-order chi connectivity index (χ1) is 10.4. The van der Waals surface area contributed by atoms with Crippen LogP contribution in [0.25, 0.3) is 33.3 Å². The van der Waals surface area contributed by atoms with E-state index in [2.05, 4.69) is 27.1 Å². The van der Waals surface area contributed by atoms with Gasteiger partial charge in [-0.1, -0.05) is 18.2 Å². The quantitative estimate of drug-likeness (QED) is 0.605. The lowest BCUT2D eigenvalue weighted by molar-refractivity contribution is 0.278. The van der Waals surface area contributed by atoms with Crippen molar-refractivity contribution >= 4 is 22.1 Å². The number of hydrogen-bond acceptors (Lipinski definition) is 3. The van der Waals surface area contributed by atoms with Gasteiger partial charge in [-0.2, -0.15) is 0 Å². The van der Waals surface area contributed by atoms with Crippen LogP contribution >= 0.6 is 0 Å². The minimum atomic E-state index is 0.112. The molecule has 4 rings (SSSR count). The molecule has 0 fully saturated rings. The fraction of sp³-hybridized carbons (Fsp3) is 0.125. The molecule has 0 aliphatic carbocycles. The summed E-state index contributed by atoms with van der Waals surface area (Å²) in [7, 11) is 0. The summed E-state index contributed by atoms with van der Waals surface area (Å²) in [5.74, 6) is 0. The predicted molar refractivity (Wildman–Crippen MR) is 81.9 cm³/mol. The number of nitrogens with zero attached hydrogens (tertiary/aromatic N) is 3. The van der Waals surface area contributed by atoms with Crippen molar-refractivity contribution in [3.05, 3.63) is 48.9 Å². The van der Waals surface area contributed by atoms with E-state index in [1.807, 2.05) is 35.2 Å². The first kappa shape index (κ1) is 12.1. The van der Waals surface area contributed by atoms with Crippen molar-refractivity contribution < 1.29 is 5.11 Å². The molecule has 0 spiro atoms. The van der Waals surface area contributed by atoms with Gasteiger partial charge in [0.1, 0.15) is 5.52 Å². The Balaban J connectivity index is 1.96. The number of aromatic nitrogens is 4. The van der Waals surface area contributed by atoms with Gasteiger partial charge in [0.2, 0.25) is 0 Å². The van der Waals surface area contributed by atoms with Crippen molar-refractivity contribution in [1.82, 2.24) is 19.5 Å². The summed E-state index contributed by atoms with van der Waals surface area (Å²) >= 11 is 0. The highest BCUT2D eigenvalue weighted by molar-refractivity contribution is 5.95. The summed E-state index contributed by atoms with van der Waals surface area (Å²) in [6.45, 7) is 0.682. The van der Waals surface area contributed by atoms with Gasteiger partial charge < -0.3 is 14.7 Å². The molecule has 0 amide bonds. The smallest absolute Gasteiger partial charge is 0.156 e. The van der Waals surface area contributed by atoms with Crippen LogP contribution in [-0.2, 0) is 6.54 Å². The molecule has 0 radical (unpaired) electrons. The zero-order valence-electron chi connectivity index (χ0n) is 11.3. The number of fused-ring (bicyclic) bond motifs is 2. The van der Waals surface area contributed by atoms with Crippen molar-refractivity contribution in [2.24, 2.45) is 0 Å². The van der Waals surface area contributed by atoms with Crippen LogP contribution < -0.4 is 0 Å². The number of benzene rings is 1. The second-order valence-corrected chi connectivity index (χ2v) is 4.94. The van der Waals surface area contributed by atoms with Crippen molar-refractivity contribution in [3.63, 3.8) is 0 Å². The zero-order chi connectivity index (χ0) is 14.2. The van der Waals surface area contributed by atoms with Gasteiger partial charge in [-0.25, -0.2) is 9.97 Å². The summed E-state index contributed by atoms with van der Waals surface area (Å²) in [6.07, 6.45) is 5.65. The highest BCUT2D eigenvalue weighted by Gasteiger charge is 2.12. The standard InChI is InChI=1S/C16H14N4O/c21-8-7-20-10-12(11-3-1-2-4-15(11)20)14-9-18-16-13(19-14)5-6-17-16/h1-6,9-10,21H,7-8H2,(H,17,18). The lowest BCUT2D eigenvalue weighted by Crippen LogP contribution is -1.99. The lowest BCUT2D eigenvalue weighted by Gasteiger charge is -2.00. The summed E-state index contributed by atoms with van der Waals surface area (Å²) in [4.78, 5) is 12.1. The van der Waals surface area contributed by atoms with E-state index >= 15 is 0 Å². The van der Waals surface area contributed by atoms with E-state index in [1.54, 1.807) is 6.20 Å². The molecule has 4 aromatic rings. The maximum Gasteiger partial charge on any atom is 0.156 e. The van der Waals surface area contributed by atoms with E-state index in [0.717, 1.165) is 33.3 Å². The van der Waals surface area contributed by atoms with Gasteiger partial charge >= 0.3 is 0 Å². The summed E-state index contributed by atoms with van der Waals surface area (Å²) in [5, 5.41) is 10.3. The Hall–Kier alpha value is -2.66. The molecule has 21 heavy (non-hydrogen) atoms. The topological polar surface area (TPSA) is 66.7 Å². The molecule has 0 saturated carbocycles. The SMILES string of the molecule is OCCn1cc(-c2cnc3[nH]ccc3n2)c2ccccc21. The van der Waals surface area contributed by atoms with E-state index in [1.165, 1.54) is 0 Å². The molecule has 5 heteroatoms. The third-order valence-electron chi connectivity index (χ3n) is 3.67. The molecule has 0 unspecified atom stereocenters. The first-order valence-corrected chi connectivity index (χ1v) is 6.86. The Morgan fingerprint density at radius 2 is 2.10 bits per heavy atom. The lowest BCUT2D eigenvalue weighted by atomic mass is 10.1. The molecule has 0 atom stereocenters. The fourth-order valence-electron chi connectivity index (χ4n) is 2.70. The van der Waals surface area contributed by atoms with Gasteiger partial charge in [0.25, 0.3) is 0 Å². The number of aliphatic hydroxyl groups excluding tert-OH is 1. The number of H-pyrrole nitrogens is 1. The van der Waals surface area contributed by atoms with Crippen LogP contribution in [0, 0.1) is 0 Å². The average Bonchev–Trinajstić information content (AvgIpc) is 3.12. The molecule has 0 aliphatic rings. The molecule has 104 valence electrons. The van der Waals surface area contributed by atoms with Crippen molar-refractivity contribution in [1.29, 1.82) is 0 Å². The predicted octanol–water partition coefficient (Wildman–Crippen LogP) is 2.57. The monoisotopic (exact) mass is 278 g/mol. The third-order valence-corrected chi connectivity index (χ3v) is 3.67. The highest BCUT2D eigenvalue weighted by atomic mass is 16.3. The molecular weight excluding hydrogens is 264 g/mol. The first-order valence-electron chi connectivity index (χ1n) is 6.86. The maximum absolute atomic E-state index is 9.22. The third kappa shape index (κ3) is 1.90. The Labute approximate surface area is 120 Å². The second kappa shape index (κ2) is 4.71. The van der Waals surface area contributed by atoms with Gasteiger partial charge in [-0.05, 0) is 12.1 Å². The number of rotatable bonds is 3. The van der Waals surface area contributed by atoms with Crippen LogP contribution in [-0.4, -0.2) is 31.2 Å². The largest absolute Gasteiger partial charge is 0.395 e. The fourth-order valence-corrected chi connectivity index (χ4v) is 2.70. The van der Waals surface area contributed by atoms with Gasteiger partial charge in [-0.3, -0.25) is 0 Å². The second-order valence-electron chi connectivity index (χ2n) is 4.94. The highest BCUT2D eigenvalue weighted by Crippen LogP contribution is 2.29. The van der Waals surface area contributed by atoms with Crippen molar-refractivity contribution in [3.8, 4) is 11.3 Å². The molecular formula is C16H14N4O. The van der Waals surface area contributed by atoms with Crippen molar-refractivity contribution in [2.75, 3.05) is 6.61 Å². The van der Waals surface area contributed by atoms with Crippen LogP contribution in [0.2, 0.25) is 0 Å². The number of hydrogen-bond donors (Lipinski definition) is 2. The van der Waals surface area contributed by atoms with E-state index < -0.39 is 0 Å². The van der Waals surface area contributed by atoms with E-state index in [4.69, 9.17) is 0 Å². The molecule has 2 N–H and O–H groups in total. The van der Waals surface area contributed by atoms with Gasteiger partial charge in [0.05, 0.1) is 18.5 Å². The van der Waals surface area contributed by atoms with E-state index in [9.17, 15) is 5.11 Å². The molecule has 0 bridgehead atoms. The number of aromatic amines is 1. The summed E-state index contributed by atoms with van der Waals surface area (Å²) < 4.78 is 2.05. The Bertz CT molecular complexity index is 922. The van der Waals surface area contributed by atoms with Crippen LogP contribution in [0.3, 0.4) is 0 Å². The normalized spacial score (nSPS) is 11.5. The number of aliphatic hydroxyl groups is 1. The Morgan fingerprint density at radius 3 is 3.00 bits per heavy atom. The van der Waals surface area contributed by atoms with Crippen molar-refractivity contribution in [2.45, 2.75) is 6.54 Å². The molecule has 5 nitrogen and oxygen atoms in total. The Morgan fingerprint density at radius 1 is 1.19 bits per heavy atom. The van der Waals surface area contributed by atoms with Gasteiger partial charge in [-0.15, -0.1) is 0 Å². The van der Waals surface area contributed by atoms with Crippen LogP contribution in [0.1, 0.15) is 0 Å². The minimum Gasteiger partial charge on any atom is -0.395 e. The van der Waals surface area contributed by atoms with Gasteiger partial charge in [0.15, 0.2) is 5.65 Å². The van der Waals surface area contributed by atoms with E-state index in [0.29, 0.717) is 6.54 Å². The zero-order valence-corrected chi connectivity index (χ0v) is 11.3. The van der Waals surface area contributed by atoms with Crippen LogP contribution in [0.4, 0.5) is 0 Å². The number of nitrogens with one attached hydrogen (secondary N) is 1. The molecule has 0 aliphatic heterocycles. The Kier molecular flexibility index (Phi) is 2.72. The molecule has 0 saturated heterocycles. The maximum atomic E-state index is 9.22. The van der Waals surface area contributed by atoms with Crippen LogP contribution in [0.15, 0.2) is 48.9 Å².